The zero-order valence-electron chi connectivity index (χ0n) is 11.4. The van der Waals surface area contributed by atoms with Crippen LogP contribution in [0.3, 0.4) is 0 Å². The molecular weight excluding hydrogens is 268 g/mol. The van der Waals surface area contributed by atoms with Crippen molar-refractivity contribution in [2.75, 3.05) is 0 Å². The second-order valence-electron chi connectivity index (χ2n) is 5.37. The van der Waals surface area contributed by atoms with Gasteiger partial charge in [0.2, 0.25) is 0 Å². The number of hydrogen-bond donors (Lipinski definition) is 2. The van der Waals surface area contributed by atoms with Crippen LogP contribution in [0.2, 0.25) is 0 Å². The first kappa shape index (κ1) is 13.3. The molecule has 0 radical (unpaired) electrons. The van der Waals surface area contributed by atoms with Crippen LogP contribution in [-0.4, -0.2) is 5.84 Å². The SMILES string of the molecule is N=C(N)c1ccc2c(=O)c3c(sc2c1)CCCCCC3. The fourth-order valence-corrected chi connectivity index (χ4v) is 4.13. The van der Waals surface area contributed by atoms with E-state index in [2.05, 4.69) is 0 Å². The molecule has 0 spiro atoms. The van der Waals surface area contributed by atoms with Gasteiger partial charge < -0.3 is 5.73 Å². The van der Waals surface area contributed by atoms with Crippen LogP contribution in [0, 0.1) is 5.41 Å². The molecule has 1 aromatic carbocycles. The largest absolute Gasteiger partial charge is 0.384 e. The molecule has 4 heteroatoms. The molecule has 1 heterocycles. The van der Waals surface area contributed by atoms with Gasteiger partial charge in [0.15, 0.2) is 5.43 Å². The molecule has 0 saturated heterocycles. The average Bonchev–Trinajstić information content (AvgIpc) is 2.40. The summed E-state index contributed by atoms with van der Waals surface area (Å²) < 4.78 is 0.960. The van der Waals surface area contributed by atoms with Gasteiger partial charge in [-0.25, -0.2) is 0 Å². The van der Waals surface area contributed by atoms with E-state index in [0.717, 1.165) is 34.9 Å². The molecule has 3 nitrogen and oxygen atoms in total. The minimum absolute atomic E-state index is 0.0540. The maximum absolute atomic E-state index is 12.6. The molecule has 20 heavy (non-hydrogen) atoms. The first-order chi connectivity index (χ1) is 9.66. The van der Waals surface area contributed by atoms with E-state index in [-0.39, 0.29) is 11.3 Å². The number of amidine groups is 1. The number of benzene rings is 1. The molecule has 3 N–H and O–H groups in total. The number of hydrogen-bond acceptors (Lipinski definition) is 3. The van der Waals surface area contributed by atoms with Gasteiger partial charge in [-0.05, 0) is 37.8 Å². The van der Waals surface area contributed by atoms with Gasteiger partial charge in [0.25, 0.3) is 0 Å². The van der Waals surface area contributed by atoms with Crippen LogP contribution in [-0.2, 0) is 12.8 Å². The van der Waals surface area contributed by atoms with Crippen molar-refractivity contribution in [3.8, 4) is 0 Å². The van der Waals surface area contributed by atoms with Crippen LogP contribution in [0.5, 0.6) is 0 Å². The predicted molar refractivity (Wildman–Crippen MR) is 85.0 cm³/mol. The molecule has 0 bridgehead atoms. The van der Waals surface area contributed by atoms with Gasteiger partial charge in [0.1, 0.15) is 5.84 Å². The molecule has 1 aliphatic rings. The smallest absolute Gasteiger partial charge is 0.191 e. The highest BCUT2D eigenvalue weighted by atomic mass is 32.1. The van der Waals surface area contributed by atoms with E-state index in [1.54, 1.807) is 17.4 Å². The van der Waals surface area contributed by atoms with Crippen molar-refractivity contribution in [1.29, 1.82) is 5.41 Å². The number of aryl methyl sites for hydroxylation is 1. The number of nitrogens with one attached hydrogen (secondary N) is 1. The van der Waals surface area contributed by atoms with Crippen LogP contribution >= 0.6 is 11.3 Å². The summed E-state index contributed by atoms with van der Waals surface area (Å²) in [6, 6.07) is 5.47. The van der Waals surface area contributed by atoms with Gasteiger partial charge in [-0.15, -0.1) is 11.3 Å². The molecule has 0 fully saturated rings. The number of nitrogen functional groups attached to an aromatic ring is 1. The van der Waals surface area contributed by atoms with Gasteiger partial charge in [0, 0.05) is 26.1 Å². The van der Waals surface area contributed by atoms with E-state index in [9.17, 15) is 4.79 Å². The van der Waals surface area contributed by atoms with Crippen LogP contribution in [0.4, 0.5) is 0 Å². The molecule has 1 aromatic heterocycles. The second kappa shape index (κ2) is 5.37. The third-order valence-corrected chi connectivity index (χ3v) is 5.22. The van der Waals surface area contributed by atoms with Crippen molar-refractivity contribution in [3.05, 3.63) is 44.4 Å². The van der Waals surface area contributed by atoms with Crippen molar-refractivity contribution in [1.82, 2.24) is 0 Å². The Kier molecular flexibility index (Phi) is 3.57. The Balaban J connectivity index is 2.22. The van der Waals surface area contributed by atoms with Crippen LogP contribution < -0.4 is 11.2 Å². The zero-order valence-corrected chi connectivity index (χ0v) is 12.2. The number of rotatable bonds is 1. The van der Waals surface area contributed by atoms with Gasteiger partial charge in [-0.2, -0.15) is 0 Å². The third kappa shape index (κ3) is 2.36. The summed E-state index contributed by atoms with van der Waals surface area (Å²) in [4.78, 5) is 13.9. The predicted octanol–water partition coefficient (Wildman–Crippen LogP) is 3.20. The lowest BCUT2D eigenvalue weighted by Crippen LogP contribution is -2.15. The maximum Gasteiger partial charge on any atom is 0.191 e. The van der Waals surface area contributed by atoms with Gasteiger partial charge >= 0.3 is 0 Å². The number of nitrogens with two attached hydrogens (primary N) is 1. The van der Waals surface area contributed by atoms with Gasteiger partial charge in [-0.3, -0.25) is 10.2 Å². The lowest BCUT2D eigenvalue weighted by atomic mass is 9.98. The van der Waals surface area contributed by atoms with Gasteiger partial charge in [0.05, 0.1) is 0 Å². The molecule has 3 rings (SSSR count). The Labute approximate surface area is 121 Å². The summed E-state index contributed by atoms with van der Waals surface area (Å²) >= 11 is 1.71. The molecular formula is C16H18N2OS. The summed E-state index contributed by atoms with van der Waals surface area (Å²) in [5.41, 5.74) is 7.44. The fraction of sp³-hybridized carbons (Fsp3) is 0.375. The standard InChI is InChI=1S/C16H18N2OS/c17-16(18)10-7-8-12-14(9-10)20-13-6-4-2-1-3-5-11(13)15(12)19/h7-9H,1-6H2,(H3,17,18). The highest BCUT2D eigenvalue weighted by Crippen LogP contribution is 2.27. The van der Waals surface area contributed by atoms with Crippen LogP contribution in [0.15, 0.2) is 23.0 Å². The van der Waals surface area contributed by atoms with Crippen molar-refractivity contribution >= 4 is 27.3 Å². The van der Waals surface area contributed by atoms with E-state index >= 15 is 0 Å². The Hall–Kier alpha value is -1.68. The van der Waals surface area contributed by atoms with Crippen molar-refractivity contribution in [2.24, 2.45) is 5.73 Å². The number of fused-ring (bicyclic) bond motifs is 2. The Morgan fingerprint density at radius 1 is 1.15 bits per heavy atom. The van der Waals surface area contributed by atoms with E-state index < -0.39 is 0 Å². The molecule has 0 saturated carbocycles. The van der Waals surface area contributed by atoms with E-state index in [0.29, 0.717) is 5.56 Å². The van der Waals surface area contributed by atoms with E-state index in [1.807, 2.05) is 12.1 Å². The molecule has 1 aliphatic carbocycles. The molecule has 2 aromatic rings. The summed E-state index contributed by atoms with van der Waals surface area (Å²) in [5.74, 6) is 0.0540. The quantitative estimate of drug-likeness (QED) is 0.624. The van der Waals surface area contributed by atoms with Gasteiger partial charge in [-0.1, -0.05) is 18.9 Å². The molecule has 104 valence electrons. The highest BCUT2D eigenvalue weighted by Gasteiger charge is 2.14. The van der Waals surface area contributed by atoms with E-state index in [4.69, 9.17) is 11.1 Å². The minimum atomic E-state index is 0.0540. The highest BCUT2D eigenvalue weighted by molar-refractivity contribution is 7.18. The average molecular weight is 286 g/mol. The summed E-state index contributed by atoms with van der Waals surface area (Å²) in [5, 5.41) is 8.30. The molecule has 0 atom stereocenters. The second-order valence-corrected chi connectivity index (χ2v) is 6.51. The third-order valence-electron chi connectivity index (χ3n) is 3.96. The zero-order chi connectivity index (χ0) is 14.1. The normalized spacial score (nSPS) is 15.4. The summed E-state index contributed by atoms with van der Waals surface area (Å²) in [7, 11) is 0. The van der Waals surface area contributed by atoms with Crippen molar-refractivity contribution < 1.29 is 0 Å². The summed E-state index contributed by atoms with van der Waals surface area (Å²) in [6.45, 7) is 0. The monoisotopic (exact) mass is 286 g/mol. The first-order valence-corrected chi connectivity index (χ1v) is 7.91. The summed E-state index contributed by atoms with van der Waals surface area (Å²) in [6.07, 6.45) is 6.69. The van der Waals surface area contributed by atoms with E-state index in [1.165, 1.54) is 24.1 Å². The Bertz CT molecular complexity index is 733. The van der Waals surface area contributed by atoms with Crippen LogP contribution in [0.1, 0.15) is 41.7 Å². The molecule has 0 unspecified atom stereocenters. The first-order valence-electron chi connectivity index (χ1n) is 7.10. The van der Waals surface area contributed by atoms with Crippen LogP contribution in [0.25, 0.3) is 10.1 Å². The molecule has 0 aliphatic heterocycles. The maximum atomic E-state index is 12.6. The lowest BCUT2D eigenvalue weighted by molar-refractivity contribution is 0.620. The van der Waals surface area contributed by atoms with Crippen molar-refractivity contribution in [3.63, 3.8) is 0 Å². The lowest BCUT2D eigenvalue weighted by Gasteiger charge is -2.13. The minimum Gasteiger partial charge on any atom is -0.384 e. The topological polar surface area (TPSA) is 66.9 Å². The Morgan fingerprint density at radius 2 is 1.90 bits per heavy atom. The molecule has 0 amide bonds. The van der Waals surface area contributed by atoms with Crippen molar-refractivity contribution in [2.45, 2.75) is 38.5 Å². The fourth-order valence-electron chi connectivity index (χ4n) is 2.84. The Morgan fingerprint density at radius 3 is 2.65 bits per heavy atom.